The number of amides is 2. The Kier molecular flexibility index (Phi) is 4.41. The molecular formula is C17H20N4O2. The smallest absolute Gasteiger partial charge is 0.257 e. The van der Waals surface area contributed by atoms with Crippen LogP contribution in [0.3, 0.4) is 0 Å². The number of carbonyl (C=O) groups is 2. The largest absolute Gasteiger partial charge is 0.369 e. The Labute approximate surface area is 134 Å². The molecule has 6 nitrogen and oxygen atoms in total. The summed E-state index contributed by atoms with van der Waals surface area (Å²) in [6.07, 6.45) is 4.65. The number of nitrogens with two attached hydrogens (primary N) is 1. The van der Waals surface area contributed by atoms with Gasteiger partial charge in [-0.05, 0) is 18.4 Å². The zero-order valence-corrected chi connectivity index (χ0v) is 12.9. The lowest BCUT2D eigenvalue weighted by molar-refractivity contribution is -0.123. The molecule has 120 valence electrons. The average Bonchev–Trinajstić information content (AvgIpc) is 3.03. The van der Waals surface area contributed by atoms with Crippen molar-refractivity contribution in [2.24, 2.45) is 11.7 Å². The predicted octanol–water partition coefficient (Wildman–Crippen LogP) is 1.27. The van der Waals surface area contributed by atoms with E-state index in [4.69, 9.17) is 5.73 Å². The highest BCUT2D eigenvalue weighted by molar-refractivity contribution is 5.94. The molecule has 23 heavy (non-hydrogen) atoms. The molecule has 0 unspecified atom stereocenters. The molecule has 1 fully saturated rings. The quantitative estimate of drug-likeness (QED) is 0.923. The second-order valence-corrected chi connectivity index (χ2v) is 5.88. The van der Waals surface area contributed by atoms with E-state index in [1.165, 1.54) is 0 Å². The Morgan fingerprint density at radius 3 is 2.52 bits per heavy atom. The lowest BCUT2D eigenvalue weighted by Gasteiger charge is -2.30. The molecule has 0 atom stereocenters. The van der Waals surface area contributed by atoms with E-state index in [-0.39, 0.29) is 17.7 Å². The molecule has 1 aromatic carbocycles. The molecule has 1 saturated heterocycles. The highest BCUT2D eigenvalue weighted by Gasteiger charge is 2.26. The molecule has 0 radical (unpaired) electrons. The first-order valence-corrected chi connectivity index (χ1v) is 7.78. The normalized spacial score (nSPS) is 15.6. The van der Waals surface area contributed by atoms with Crippen LogP contribution in [-0.2, 0) is 11.3 Å². The lowest BCUT2D eigenvalue weighted by Crippen LogP contribution is -2.41. The molecule has 3 rings (SSSR count). The van der Waals surface area contributed by atoms with Crippen molar-refractivity contribution < 1.29 is 9.59 Å². The van der Waals surface area contributed by atoms with Crippen LogP contribution in [0.4, 0.5) is 0 Å². The minimum atomic E-state index is -0.271. The second-order valence-electron chi connectivity index (χ2n) is 5.88. The third kappa shape index (κ3) is 3.59. The summed E-state index contributed by atoms with van der Waals surface area (Å²) in [4.78, 5) is 25.4. The number of hydrogen-bond donors (Lipinski definition) is 1. The van der Waals surface area contributed by atoms with Crippen LogP contribution < -0.4 is 5.73 Å². The molecule has 0 aliphatic carbocycles. The van der Waals surface area contributed by atoms with E-state index in [0.29, 0.717) is 38.0 Å². The van der Waals surface area contributed by atoms with Gasteiger partial charge in [-0.15, -0.1) is 0 Å². The van der Waals surface area contributed by atoms with Gasteiger partial charge >= 0.3 is 0 Å². The summed E-state index contributed by atoms with van der Waals surface area (Å²) in [7, 11) is 0. The average molecular weight is 312 g/mol. The first kappa shape index (κ1) is 15.3. The summed E-state index contributed by atoms with van der Waals surface area (Å²) in [5.41, 5.74) is 7.04. The van der Waals surface area contributed by atoms with Crippen molar-refractivity contribution in [3.8, 4) is 0 Å². The molecule has 2 aromatic rings. The van der Waals surface area contributed by atoms with Crippen molar-refractivity contribution in [3.05, 3.63) is 53.9 Å². The van der Waals surface area contributed by atoms with E-state index in [1.54, 1.807) is 22.0 Å². The van der Waals surface area contributed by atoms with Gasteiger partial charge in [0.2, 0.25) is 5.91 Å². The molecule has 0 bridgehead atoms. The van der Waals surface area contributed by atoms with Crippen LogP contribution in [0.2, 0.25) is 0 Å². The van der Waals surface area contributed by atoms with Crippen LogP contribution in [-0.4, -0.2) is 39.6 Å². The van der Waals surface area contributed by atoms with Crippen molar-refractivity contribution in [1.29, 1.82) is 0 Å². The van der Waals surface area contributed by atoms with Gasteiger partial charge in [-0.3, -0.25) is 14.3 Å². The Balaban J connectivity index is 1.62. The molecule has 1 aliphatic heterocycles. The number of aromatic nitrogens is 2. The summed E-state index contributed by atoms with van der Waals surface area (Å²) in [6, 6.07) is 9.98. The van der Waals surface area contributed by atoms with Crippen molar-refractivity contribution in [3.63, 3.8) is 0 Å². The van der Waals surface area contributed by atoms with E-state index in [0.717, 1.165) is 5.56 Å². The SMILES string of the molecule is NC(=O)C1CCN(C(=O)c2cnn(Cc3ccccc3)c2)CC1. The molecule has 1 aromatic heterocycles. The van der Waals surface area contributed by atoms with Gasteiger partial charge in [-0.1, -0.05) is 30.3 Å². The standard InChI is InChI=1S/C17H20N4O2/c18-16(22)14-6-8-20(9-7-14)17(23)15-10-19-21(12-15)11-13-4-2-1-3-5-13/h1-5,10,12,14H,6-9,11H2,(H2,18,22). The Morgan fingerprint density at radius 1 is 1.17 bits per heavy atom. The molecular weight excluding hydrogens is 292 g/mol. The fourth-order valence-corrected chi connectivity index (χ4v) is 2.88. The van der Waals surface area contributed by atoms with Crippen LogP contribution in [0.15, 0.2) is 42.7 Å². The van der Waals surface area contributed by atoms with Gasteiger partial charge in [0, 0.05) is 25.2 Å². The number of nitrogens with zero attached hydrogens (tertiary/aromatic N) is 3. The van der Waals surface area contributed by atoms with E-state index >= 15 is 0 Å². The topological polar surface area (TPSA) is 81.2 Å². The molecule has 0 saturated carbocycles. The second kappa shape index (κ2) is 6.64. The number of primary amides is 1. The number of hydrogen-bond acceptors (Lipinski definition) is 3. The third-order valence-corrected chi connectivity index (χ3v) is 4.25. The number of likely N-dealkylation sites (tertiary alicyclic amines) is 1. The monoisotopic (exact) mass is 312 g/mol. The number of rotatable bonds is 4. The van der Waals surface area contributed by atoms with Gasteiger partial charge in [0.25, 0.3) is 5.91 Å². The number of piperidine rings is 1. The molecule has 6 heteroatoms. The maximum atomic E-state index is 12.5. The Hall–Kier alpha value is -2.63. The number of benzene rings is 1. The van der Waals surface area contributed by atoms with Crippen LogP contribution in [0.25, 0.3) is 0 Å². The van der Waals surface area contributed by atoms with Crippen molar-refractivity contribution in [1.82, 2.24) is 14.7 Å². The number of carbonyl (C=O) groups excluding carboxylic acids is 2. The van der Waals surface area contributed by atoms with Gasteiger partial charge in [0.1, 0.15) is 0 Å². The fraction of sp³-hybridized carbons (Fsp3) is 0.353. The van der Waals surface area contributed by atoms with Crippen LogP contribution in [0.1, 0.15) is 28.8 Å². The lowest BCUT2D eigenvalue weighted by atomic mass is 9.96. The van der Waals surface area contributed by atoms with Crippen molar-refractivity contribution in [2.45, 2.75) is 19.4 Å². The zero-order valence-electron chi connectivity index (χ0n) is 12.9. The first-order valence-electron chi connectivity index (χ1n) is 7.78. The van der Waals surface area contributed by atoms with E-state index in [2.05, 4.69) is 5.10 Å². The van der Waals surface area contributed by atoms with Gasteiger partial charge in [-0.25, -0.2) is 0 Å². The maximum absolute atomic E-state index is 12.5. The molecule has 2 N–H and O–H groups in total. The van der Waals surface area contributed by atoms with Crippen molar-refractivity contribution >= 4 is 11.8 Å². The van der Waals surface area contributed by atoms with E-state index in [1.807, 2.05) is 30.3 Å². The molecule has 1 aliphatic rings. The van der Waals surface area contributed by atoms with Crippen LogP contribution in [0.5, 0.6) is 0 Å². The van der Waals surface area contributed by atoms with Gasteiger partial charge in [0.15, 0.2) is 0 Å². The summed E-state index contributed by atoms with van der Waals surface area (Å²) in [6.45, 7) is 1.77. The minimum Gasteiger partial charge on any atom is -0.369 e. The molecule has 2 heterocycles. The summed E-state index contributed by atoms with van der Waals surface area (Å²) < 4.78 is 1.76. The van der Waals surface area contributed by atoms with Gasteiger partial charge < -0.3 is 10.6 Å². The Bertz CT molecular complexity index is 688. The zero-order chi connectivity index (χ0) is 16.2. The van der Waals surface area contributed by atoms with E-state index < -0.39 is 0 Å². The van der Waals surface area contributed by atoms with Crippen LogP contribution in [0, 0.1) is 5.92 Å². The minimum absolute atomic E-state index is 0.0350. The summed E-state index contributed by atoms with van der Waals surface area (Å²) in [5.74, 6) is -0.417. The predicted molar refractivity (Wildman–Crippen MR) is 85.6 cm³/mol. The van der Waals surface area contributed by atoms with Gasteiger partial charge in [0.05, 0.1) is 18.3 Å². The van der Waals surface area contributed by atoms with Gasteiger partial charge in [-0.2, -0.15) is 5.10 Å². The fourth-order valence-electron chi connectivity index (χ4n) is 2.88. The first-order chi connectivity index (χ1) is 11.1. The maximum Gasteiger partial charge on any atom is 0.257 e. The van der Waals surface area contributed by atoms with Crippen molar-refractivity contribution in [2.75, 3.05) is 13.1 Å². The highest BCUT2D eigenvalue weighted by atomic mass is 16.2. The van der Waals surface area contributed by atoms with Crippen LogP contribution >= 0.6 is 0 Å². The molecule has 0 spiro atoms. The molecule has 2 amide bonds. The Morgan fingerprint density at radius 2 is 1.87 bits per heavy atom. The van der Waals surface area contributed by atoms with E-state index in [9.17, 15) is 9.59 Å². The third-order valence-electron chi connectivity index (χ3n) is 4.25. The summed E-state index contributed by atoms with van der Waals surface area (Å²) >= 11 is 0. The summed E-state index contributed by atoms with van der Waals surface area (Å²) in [5, 5.41) is 4.27. The highest BCUT2D eigenvalue weighted by Crippen LogP contribution is 2.18.